The van der Waals surface area contributed by atoms with Crippen LogP contribution in [-0.4, -0.2) is 65.1 Å². The minimum atomic E-state index is -0.687. The third-order valence-electron chi connectivity index (χ3n) is 5.85. The maximum atomic E-state index is 12.9. The number of para-hydroxylation sites is 4. The van der Waals surface area contributed by atoms with E-state index in [9.17, 15) is 14.4 Å². The van der Waals surface area contributed by atoms with Gasteiger partial charge in [-0.15, -0.1) is 0 Å². The highest BCUT2D eigenvalue weighted by molar-refractivity contribution is 5.83. The molecule has 9 heteroatoms. The van der Waals surface area contributed by atoms with Gasteiger partial charge in [-0.05, 0) is 24.3 Å². The first-order valence-corrected chi connectivity index (χ1v) is 10.6. The third kappa shape index (κ3) is 3.81. The van der Waals surface area contributed by atoms with Crippen molar-refractivity contribution in [1.29, 1.82) is 0 Å². The molecule has 32 heavy (non-hydrogen) atoms. The van der Waals surface area contributed by atoms with Gasteiger partial charge in [-0.25, -0.2) is 4.79 Å². The van der Waals surface area contributed by atoms with E-state index in [1.807, 2.05) is 18.2 Å². The van der Waals surface area contributed by atoms with Crippen molar-refractivity contribution < 1.29 is 23.5 Å². The van der Waals surface area contributed by atoms with Crippen LogP contribution in [-0.2, 0) is 16.1 Å². The highest BCUT2D eigenvalue weighted by atomic mass is 16.6. The first kappa shape index (κ1) is 20.2. The van der Waals surface area contributed by atoms with E-state index in [1.54, 1.807) is 40.1 Å². The van der Waals surface area contributed by atoms with Gasteiger partial charge in [0.15, 0.2) is 17.1 Å². The first-order chi connectivity index (χ1) is 15.6. The summed E-state index contributed by atoms with van der Waals surface area (Å²) in [7, 11) is 0. The van der Waals surface area contributed by atoms with Gasteiger partial charge in [0.25, 0.3) is 5.91 Å². The summed E-state index contributed by atoms with van der Waals surface area (Å²) < 4.78 is 18.1. The summed E-state index contributed by atoms with van der Waals surface area (Å²) in [5.74, 6) is 0.540. The molecule has 5 rings (SSSR count). The Kier molecular flexibility index (Phi) is 5.30. The van der Waals surface area contributed by atoms with Gasteiger partial charge in [0.1, 0.15) is 6.61 Å². The molecule has 2 aliphatic heterocycles. The van der Waals surface area contributed by atoms with Crippen molar-refractivity contribution in [3.63, 3.8) is 0 Å². The summed E-state index contributed by atoms with van der Waals surface area (Å²) in [6, 6.07) is 14.4. The molecule has 1 saturated heterocycles. The fraction of sp³-hybridized carbons (Fsp3) is 0.348. The molecule has 2 aromatic carbocycles. The lowest BCUT2D eigenvalue weighted by atomic mass is 10.2. The predicted octanol–water partition coefficient (Wildman–Crippen LogP) is 1.50. The summed E-state index contributed by atoms with van der Waals surface area (Å²) in [5.41, 5.74) is 1.19. The zero-order valence-corrected chi connectivity index (χ0v) is 17.4. The molecule has 1 aromatic heterocycles. The lowest BCUT2D eigenvalue weighted by molar-refractivity contribution is -0.146. The molecule has 0 bridgehead atoms. The van der Waals surface area contributed by atoms with E-state index in [-0.39, 0.29) is 31.4 Å². The highest BCUT2D eigenvalue weighted by Gasteiger charge is 2.33. The van der Waals surface area contributed by atoms with E-state index in [2.05, 4.69) is 0 Å². The molecule has 166 valence electrons. The van der Waals surface area contributed by atoms with E-state index in [4.69, 9.17) is 13.9 Å². The molecule has 1 unspecified atom stereocenters. The zero-order valence-electron chi connectivity index (χ0n) is 17.4. The van der Waals surface area contributed by atoms with Crippen LogP contribution in [0.5, 0.6) is 11.5 Å². The van der Waals surface area contributed by atoms with Crippen molar-refractivity contribution >= 4 is 22.9 Å². The van der Waals surface area contributed by atoms with Crippen LogP contribution < -0.4 is 15.2 Å². The van der Waals surface area contributed by atoms with E-state index < -0.39 is 11.9 Å². The van der Waals surface area contributed by atoms with Crippen molar-refractivity contribution in [3.05, 3.63) is 59.1 Å². The Balaban J connectivity index is 1.14. The molecule has 0 aliphatic carbocycles. The summed E-state index contributed by atoms with van der Waals surface area (Å²) in [6.07, 6.45) is -0.498. The van der Waals surface area contributed by atoms with Crippen LogP contribution in [0.15, 0.2) is 57.7 Å². The van der Waals surface area contributed by atoms with Crippen molar-refractivity contribution in [3.8, 4) is 11.5 Å². The molecule has 0 saturated carbocycles. The molecule has 9 nitrogen and oxygen atoms in total. The minimum Gasteiger partial charge on any atom is -0.485 e. The molecule has 1 fully saturated rings. The van der Waals surface area contributed by atoms with Gasteiger partial charge in [-0.2, -0.15) is 0 Å². The molecular weight excluding hydrogens is 414 g/mol. The Labute approximate surface area is 183 Å². The number of carbonyl (C=O) groups excluding carboxylic acids is 2. The number of carbonyl (C=O) groups is 2. The van der Waals surface area contributed by atoms with E-state index >= 15 is 0 Å². The Hall–Kier alpha value is -3.75. The Bertz CT molecular complexity index is 1210. The zero-order chi connectivity index (χ0) is 22.1. The number of ether oxygens (including phenoxy) is 2. The number of nitrogens with zero attached hydrogens (tertiary/aromatic N) is 3. The lowest BCUT2D eigenvalue weighted by Gasteiger charge is -2.37. The van der Waals surface area contributed by atoms with E-state index in [0.717, 1.165) is 0 Å². The normalized spacial score (nSPS) is 18.1. The Morgan fingerprint density at radius 3 is 2.41 bits per heavy atom. The van der Waals surface area contributed by atoms with Gasteiger partial charge >= 0.3 is 5.76 Å². The molecule has 0 N–H and O–H groups in total. The molecule has 0 radical (unpaired) electrons. The molecule has 3 aromatic rings. The Morgan fingerprint density at radius 1 is 0.906 bits per heavy atom. The van der Waals surface area contributed by atoms with Crippen LogP contribution in [0.1, 0.15) is 6.42 Å². The van der Waals surface area contributed by atoms with Gasteiger partial charge in [0.2, 0.25) is 12.0 Å². The average molecular weight is 437 g/mol. The Morgan fingerprint density at radius 2 is 1.59 bits per heavy atom. The quantitative estimate of drug-likeness (QED) is 0.614. The average Bonchev–Trinajstić information content (AvgIpc) is 3.16. The van der Waals surface area contributed by atoms with E-state index in [0.29, 0.717) is 48.8 Å². The fourth-order valence-electron chi connectivity index (χ4n) is 4.11. The second kappa shape index (κ2) is 8.41. The first-order valence-electron chi connectivity index (χ1n) is 10.6. The second-order valence-corrected chi connectivity index (χ2v) is 7.81. The van der Waals surface area contributed by atoms with Gasteiger partial charge in [0.05, 0.1) is 5.52 Å². The lowest BCUT2D eigenvalue weighted by Crippen LogP contribution is -2.55. The van der Waals surface area contributed by atoms with E-state index in [1.165, 1.54) is 4.57 Å². The number of amides is 2. The molecule has 3 heterocycles. The number of piperazine rings is 1. The van der Waals surface area contributed by atoms with Crippen molar-refractivity contribution in [1.82, 2.24) is 14.4 Å². The third-order valence-corrected chi connectivity index (χ3v) is 5.85. The van der Waals surface area contributed by atoms with Gasteiger partial charge in [0, 0.05) is 39.1 Å². The van der Waals surface area contributed by atoms with Crippen LogP contribution in [0.4, 0.5) is 0 Å². The molecule has 2 aliphatic rings. The molecule has 1 atom stereocenters. The number of hydrogen-bond acceptors (Lipinski definition) is 6. The second-order valence-electron chi connectivity index (χ2n) is 7.81. The predicted molar refractivity (Wildman–Crippen MR) is 115 cm³/mol. The number of aromatic nitrogens is 1. The monoisotopic (exact) mass is 437 g/mol. The summed E-state index contributed by atoms with van der Waals surface area (Å²) in [4.78, 5) is 41.1. The number of rotatable bonds is 4. The molecule has 2 amide bonds. The van der Waals surface area contributed by atoms with Crippen LogP contribution >= 0.6 is 0 Å². The number of oxazole rings is 1. The van der Waals surface area contributed by atoms with Crippen LogP contribution in [0.25, 0.3) is 11.1 Å². The van der Waals surface area contributed by atoms with Crippen LogP contribution in [0, 0.1) is 0 Å². The van der Waals surface area contributed by atoms with Gasteiger partial charge in [-0.3, -0.25) is 14.2 Å². The van der Waals surface area contributed by atoms with Crippen LogP contribution in [0.2, 0.25) is 0 Å². The van der Waals surface area contributed by atoms with Crippen LogP contribution in [0.3, 0.4) is 0 Å². The van der Waals surface area contributed by atoms with Gasteiger partial charge < -0.3 is 23.7 Å². The number of hydrogen-bond donors (Lipinski definition) is 0. The van der Waals surface area contributed by atoms with Crippen molar-refractivity contribution in [2.24, 2.45) is 0 Å². The maximum absolute atomic E-state index is 12.9. The molecule has 0 spiro atoms. The fourth-order valence-corrected chi connectivity index (χ4v) is 4.11. The maximum Gasteiger partial charge on any atom is 0.419 e. The van der Waals surface area contributed by atoms with Crippen molar-refractivity contribution in [2.45, 2.75) is 19.1 Å². The number of benzene rings is 2. The minimum absolute atomic E-state index is 0.0551. The standard InChI is InChI=1S/C23H23N3O6/c27-21(9-10-26-16-5-1-2-6-17(16)32-23(26)29)24-11-13-25(14-12-24)22(28)20-15-30-18-7-3-4-8-19(18)31-20/h1-8,20H,9-15H2. The summed E-state index contributed by atoms with van der Waals surface area (Å²) >= 11 is 0. The SMILES string of the molecule is O=C(CCn1c(=O)oc2ccccc21)N1CCN(C(=O)C2COc3ccccc3O2)CC1. The van der Waals surface area contributed by atoms with Gasteiger partial charge in [-0.1, -0.05) is 24.3 Å². The summed E-state index contributed by atoms with van der Waals surface area (Å²) in [5, 5.41) is 0. The van der Waals surface area contributed by atoms with Crippen molar-refractivity contribution in [2.75, 3.05) is 32.8 Å². The smallest absolute Gasteiger partial charge is 0.419 e. The number of aryl methyl sites for hydroxylation is 1. The topological polar surface area (TPSA) is 94.2 Å². The number of fused-ring (bicyclic) bond motifs is 2. The molecular formula is C23H23N3O6. The highest BCUT2D eigenvalue weighted by Crippen LogP contribution is 2.31. The summed E-state index contributed by atoms with van der Waals surface area (Å²) in [6.45, 7) is 2.16. The largest absolute Gasteiger partial charge is 0.485 e.